The van der Waals surface area contributed by atoms with Crippen molar-refractivity contribution in [3.8, 4) is 0 Å². The van der Waals surface area contributed by atoms with Gasteiger partial charge in [0.2, 0.25) is 0 Å². The summed E-state index contributed by atoms with van der Waals surface area (Å²) in [5.41, 5.74) is 7.20. The summed E-state index contributed by atoms with van der Waals surface area (Å²) < 4.78 is 0. The third-order valence-corrected chi connectivity index (χ3v) is 8.10. The number of rotatable bonds is 6. The second-order valence-electron chi connectivity index (χ2n) is 10.7. The molecule has 0 radical (unpaired) electrons. The number of benzene rings is 2. The molecule has 1 N–H and O–H groups in total. The van der Waals surface area contributed by atoms with Crippen molar-refractivity contribution in [1.82, 2.24) is 9.80 Å². The number of β-amino-alcohol motifs (C(OH)–C–C–N with tert-alkyl or cyclic N) is 1. The fraction of sp³-hybridized carbons (Fsp3) is 0.586. The maximum absolute atomic E-state index is 10.9. The van der Waals surface area contributed by atoms with E-state index in [2.05, 4.69) is 64.2 Å². The molecule has 1 fully saturated rings. The number of hydrogen-bond acceptors (Lipinski definition) is 4. The molecule has 2 aromatic carbocycles. The van der Waals surface area contributed by atoms with Crippen molar-refractivity contribution in [3.05, 3.63) is 64.7 Å². The van der Waals surface area contributed by atoms with Crippen LogP contribution >= 0.6 is 0 Å². The van der Waals surface area contributed by atoms with E-state index in [9.17, 15) is 5.11 Å². The summed E-state index contributed by atoms with van der Waals surface area (Å²) in [4.78, 5) is 7.29. The highest BCUT2D eigenvalue weighted by Crippen LogP contribution is 2.30. The molecule has 2 aromatic rings. The monoisotopic (exact) mass is 447 g/mol. The first kappa shape index (κ1) is 22.9. The van der Waals surface area contributed by atoms with E-state index in [0.29, 0.717) is 0 Å². The molecule has 4 heteroatoms. The Morgan fingerprint density at radius 3 is 2.39 bits per heavy atom. The van der Waals surface area contributed by atoms with Crippen molar-refractivity contribution in [3.63, 3.8) is 0 Å². The van der Waals surface area contributed by atoms with Gasteiger partial charge in [-0.2, -0.15) is 0 Å². The predicted octanol–water partition coefficient (Wildman–Crippen LogP) is 4.48. The van der Waals surface area contributed by atoms with Gasteiger partial charge in [0.1, 0.15) is 0 Å². The summed E-state index contributed by atoms with van der Waals surface area (Å²) in [6.45, 7) is 6.46. The Bertz CT molecular complexity index is 923. The van der Waals surface area contributed by atoms with E-state index in [1.165, 1.54) is 66.5 Å². The zero-order chi connectivity index (χ0) is 22.6. The Hall–Kier alpha value is -1.88. The van der Waals surface area contributed by atoms with Crippen LogP contribution in [0.15, 0.2) is 42.5 Å². The van der Waals surface area contributed by atoms with Crippen LogP contribution in [0.3, 0.4) is 0 Å². The molecule has 1 aliphatic carbocycles. The summed E-state index contributed by atoms with van der Waals surface area (Å²) in [6.07, 6.45) is 9.08. The van der Waals surface area contributed by atoms with Crippen LogP contribution in [0, 0.1) is 5.92 Å². The molecule has 3 aliphatic rings. The SMILES string of the molecule is CN1CCN(C[C@H](O)CN2CCc3ccccc3C2)Cc2ccc(CC3CCCCC3)cc21. The average Bonchev–Trinajstić information content (AvgIpc) is 2.98. The van der Waals surface area contributed by atoms with Gasteiger partial charge in [0, 0.05) is 58.5 Å². The van der Waals surface area contributed by atoms with E-state index in [1.54, 1.807) is 0 Å². The van der Waals surface area contributed by atoms with Crippen LogP contribution in [0.2, 0.25) is 0 Å². The normalized spacial score (nSPS) is 21.3. The first-order valence-corrected chi connectivity index (χ1v) is 13.2. The van der Waals surface area contributed by atoms with E-state index in [0.717, 1.165) is 58.2 Å². The van der Waals surface area contributed by atoms with E-state index < -0.39 is 0 Å². The van der Waals surface area contributed by atoms with E-state index >= 15 is 0 Å². The van der Waals surface area contributed by atoms with Crippen molar-refractivity contribution in [2.24, 2.45) is 5.92 Å². The van der Waals surface area contributed by atoms with Gasteiger partial charge < -0.3 is 10.0 Å². The van der Waals surface area contributed by atoms with Crippen LogP contribution in [0.25, 0.3) is 0 Å². The van der Waals surface area contributed by atoms with Gasteiger partial charge in [-0.3, -0.25) is 9.80 Å². The van der Waals surface area contributed by atoms with Crippen LogP contribution in [0.4, 0.5) is 5.69 Å². The molecule has 178 valence electrons. The molecule has 0 aromatic heterocycles. The maximum Gasteiger partial charge on any atom is 0.0794 e. The average molecular weight is 448 g/mol. The predicted molar refractivity (Wildman–Crippen MR) is 137 cm³/mol. The Morgan fingerprint density at radius 1 is 0.848 bits per heavy atom. The Morgan fingerprint density at radius 2 is 1.58 bits per heavy atom. The molecular formula is C29H41N3O. The third kappa shape index (κ3) is 5.79. The fourth-order valence-corrected chi connectivity index (χ4v) is 6.20. The Balaban J connectivity index is 1.18. The molecule has 0 bridgehead atoms. The number of fused-ring (bicyclic) bond motifs is 2. The Kier molecular flexibility index (Phi) is 7.34. The molecule has 2 aliphatic heterocycles. The zero-order valence-corrected chi connectivity index (χ0v) is 20.4. The summed E-state index contributed by atoms with van der Waals surface area (Å²) in [6, 6.07) is 15.9. The zero-order valence-electron chi connectivity index (χ0n) is 20.4. The summed E-state index contributed by atoms with van der Waals surface area (Å²) in [5.74, 6) is 0.876. The highest BCUT2D eigenvalue weighted by molar-refractivity contribution is 5.56. The quantitative estimate of drug-likeness (QED) is 0.707. The van der Waals surface area contributed by atoms with Crippen molar-refractivity contribution in [2.75, 3.05) is 44.7 Å². The van der Waals surface area contributed by atoms with Crippen molar-refractivity contribution < 1.29 is 5.11 Å². The summed E-state index contributed by atoms with van der Waals surface area (Å²) >= 11 is 0. The highest BCUT2D eigenvalue weighted by Gasteiger charge is 2.23. The lowest BCUT2D eigenvalue weighted by molar-refractivity contribution is 0.0682. The number of hydrogen-bond donors (Lipinski definition) is 1. The van der Waals surface area contributed by atoms with Crippen LogP contribution < -0.4 is 4.90 Å². The van der Waals surface area contributed by atoms with E-state index in [4.69, 9.17) is 0 Å². The molecule has 0 saturated heterocycles. The third-order valence-electron chi connectivity index (χ3n) is 8.10. The molecule has 5 rings (SSSR count). The minimum Gasteiger partial charge on any atom is -0.390 e. The summed E-state index contributed by atoms with van der Waals surface area (Å²) in [7, 11) is 2.23. The minimum atomic E-state index is -0.312. The van der Waals surface area contributed by atoms with E-state index in [1.807, 2.05) is 0 Å². The smallest absolute Gasteiger partial charge is 0.0794 e. The second-order valence-corrected chi connectivity index (χ2v) is 10.7. The summed E-state index contributed by atoms with van der Waals surface area (Å²) in [5, 5.41) is 10.9. The van der Waals surface area contributed by atoms with Gasteiger partial charge in [0.25, 0.3) is 0 Å². The topological polar surface area (TPSA) is 30.0 Å². The highest BCUT2D eigenvalue weighted by atomic mass is 16.3. The van der Waals surface area contributed by atoms with Crippen LogP contribution in [0.5, 0.6) is 0 Å². The molecular weight excluding hydrogens is 406 g/mol. The van der Waals surface area contributed by atoms with Gasteiger partial charge in [0.05, 0.1) is 6.10 Å². The molecule has 0 spiro atoms. The largest absolute Gasteiger partial charge is 0.390 e. The fourth-order valence-electron chi connectivity index (χ4n) is 6.20. The van der Waals surface area contributed by atoms with Gasteiger partial charge in [-0.1, -0.05) is 68.5 Å². The number of nitrogens with zero attached hydrogens (tertiary/aromatic N) is 3. The standard InChI is InChI=1S/C29H41N3O/c1-30-15-16-32(22-28(33)21-31-14-13-25-9-5-6-10-26(25)19-31)20-27-12-11-24(18-29(27)30)17-23-7-3-2-4-8-23/h5-6,9-12,18,23,28,33H,2-4,7-8,13-17,19-22H2,1H3/t28-/m1/s1. The lowest BCUT2D eigenvalue weighted by Crippen LogP contribution is -2.42. The first-order valence-electron chi connectivity index (χ1n) is 13.2. The number of anilines is 1. The molecule has 33 heavy (non-hydrogen) atoms. The van der Waals surface area contributed by atoms with Crippen LogP contribution in [-0.2, 0) is 25.9 Å². The van der Waals surface area contributed by atoms with Gasteiger partial charge in [-0.05, 0) is 47.1 Å². The van der Waals surface area contributed by atoms with Crippen molar-refractivity contribution >= 4 is 5.69 Å². The first-order chi connectivity index (χ1) is 16.1. The van der Waals surface area contributed by atoms with Crippen LogP contribution in [-0.4, -0.2) is 60.8 Å². The molecule has 4 nitrogen and oxygen atoms in total. The van der Waals surface area contributed by atoms with Crippen molar-refractivity contribution in [1.29, 1.82) is 0 Å². The number of likely N-dealkylation sites (N-methyl/N-ethyl adjacent to an activating group) is 1. The molecule has 0 amide bonds. The van der Waals surface area contributed by atoms with Gasteiger partial charge >= 0.3 is 0 Å². The van der Waals surface area contributed by atoms with E-state index in [-0.39, 0.29) is 6.10 Å². The number of aliphatic hydroxyl groups is 1. The lowest BCUT2D eigenvalue weighted by Gasteiger charge is -2.32. The molecule has 0 unspecified atom stereocenters. The van der Waals surface area contributed by atoms with Crippen LogP contribution in [0.1, 0.15) is 54.4 Å². The van der Waals surface area contributed by atoms with Crippen molar-refractivity contribution in [2.45, 2.75) is 64.1 Å². The van der Waals surface area contributed by atoms with Gasteiger partial charge in [-0.25, -0.2) is 0 Å². The second kappa shape index (κ2) is 10.6. The molecule has 2 heterocycles. The Labute approximate surface area is 200 Å². The minimum absolute atomic E-state index is 0.312. The molecule has 1 saturated carbocycles. The molecule has 1 atom stereocenters. The van der Waals surface area contributed by atoms with Gasteiger partial charge in [-0.15, -0.1) is 0 Å². The number of aliphatic hydroxyl groups excluding tert-OH is 1. The lowest BCUT2D eigenvalue weighted by atomic mass is 9.84. The van der Waals surface area contributed by atoms with Gasteiger partial charge in [0.15, 0.2) is 0 Å². The maximum atomic E-state index is 10.9.